The molecular formula is C17H26O3. The smallest absolute Gasteiger partial charge is 0.305 e. The predicted octanol–water partition coefficient (Wildman–Crippen LogP) is 3.83. The highest BCUT2D eigenvalue weighted by Gasteiger charge is 2.52. The van der Waals surface area contributed by atoms with Crippen LogP contribution in [0.15, 0.2) is 12.3 Å². The number of rotatable bonds is 6. The third-order valence-corrected chi connectivity index (χ3v) is 5.28. The zero-order valence-electron chi connectivity index (χ0n) is 12.5. The molecule has 4 saturated carbocycles. The van der Waals surface area contributed by atoms with Gasteiger partial charge in [0.25, 0.3) is 0 Å². The van der Waals surface area contributed by atoms with E-state index in [-0.39, 0.29) is 11.6 Å². The fourth-order valence-corrected chi connectivity index (χ4v) is 4.89. The van der Waals surface area contributed by atoms with Crippen molar-refractivity contribution in [1.82, 2.24) is 0 Å². The molecule has 0 atom stereocenters. The third kappa shape index (κ3) is 2.87. The molecular weight excluding hydrogens is 252 g/mol. The molecule has 0 aromatic rings. The van der Waals surface area contributed by atoms with Crippen LogP contribution in [-0.2, 0) is 14.3 Å². The van der Waals surface area contributed by atoms with Crippen LogP contribution in [0.25, 0.3) is 0 Å². The lowest BCUT2D eigenvalue weighted by molar-refractivity contribution is -0.147. The van der Waals surface area contributed by atoms with Crippen LogP contribution in [0.5, 0.6) is 0 Å². The maximum atomic E-state index is 11.1. The molecule has 4 bridgehead atoms. The van der Waals surface area contributed by atoms with Crippen LogP contribution in [0, 0.1) is 17.8 Å². The Labute approximate surface area is 121 Å². The predicted molar refractivity (Wildman–Crippen MR) is 77.0 cm³/mol. The summed E-state index contributed by atoms with van der Waals surface area (Å²) in [4.78, 5) is 11.1. The first-order chi connectivity index (χ1) is 9.58. The SMILES string of the molecule is C=C(CCOC(=O)CC)OC12CC3CC(CC(C3)C1)C2. The highest BCUT2D eigenvalue weighted by molar-refractivity contribution is 5.68. The van der Waals surface area contributed by atoms with Gasteiger partial charge in [-0.2, -0.15) is 0 Å². The standard InChI is InChI=1S/C17H26O3/c1-3-16(18)19-5-4-12(2)20-17-9-13-6-14(10-17)8-15(7-13)11-17/h13-15H,2-11H2,1H3. The summed E-state index contributed by atoms with van der Waals surface area (Å²) in [6, 6.07) is 0. The van der Waals surface area contributed by atoms with Crippen LogP contribution in [0.2, 0.25) is 0 Å². The molecule has 4 aliphatic rings. The Hall–Kier alpha value is -0.990. The second-order valence-electron chi connectivity index (χ2n) is 7.07. The minimum absolute atomic E-state index is 0.0700. The lowest BCUT2D eigenvalue weighted by atomic mass is 9.54. The van der Waals surface area contributed by atoms with E-state index in [0.717, 1.165) is 23.5 Å². The van der Waals surface area contributed by atoms with Crippen LogP contribution in [-0.4, -0.2) is 18.2 Å². The number of carbonyl (C=O) groups excluding carboxylic acids is 1. The number of carbonyl (C=O) groups is 1. The number of ether oxygens (including phenoxy) is 2. The van der Waals surface area contributed by atoms with Crippen molar-refractivity contribution in [1.29, 1.82) is 0 Å². The number of esters is 1. The van der Waals surface area contributed by atoms with Crippen molar-refractivity contribution in [2.24, 2.45) is 17.8 Å². The molecule has 0 amide bonds. The zero-order chi connectivity index (χ0) is 14.2. The van der Waals surface area contributed by atoms with Crippen LogP contribution in [0.1, 0.15) is 58.3 Å². The summed E-state index contributed by atoms with van der Waals surface area (Å²) in [5.74, 6) is 3.30. The summed E-state index contributed by atoms with van der Waals surface area (Å²) >= 11 is 0. The van der Waals surface area contributed by atoms with Gasteiger partial charge in [-0.15, -0.1) is 0 Å². The van der Waals surface area contributed by atoms with Gasteiger partial charge in [-0.3, -0.25) is 4.79 Å². The van der Waals surface area contributed by atoms with Gasteiger partial charge in [0.2, 0.25) is 0 Å². The van der Waals surface area contributed by atoms with Crippen LogP contribution >= 0.6 is 0 Å². The molecule has 4 aliphatic carbocycles. The van der Waals surface area contributed by atoms with Gasteiger partial charge in [0.1, 0.15) is 5.60 Å². The largest absolute Gasteiger partial charge is 0.492 e. The Morgan fingerprint density at radius 3 is 2.20 bits per heavy atom. The number of hydrogen-bond donors (Lipinski definition) is 0. The molecule has 0 aliphatic heterocycles. The van der Waals surface area contributed by atoms with Gasteiger partial charge in [0.15, 0.2) is 0 Å². The van der Waals surface area contributed by atoms with Crippen LogP contribution in [0.4, 0.5) is 0 Å². The Kier molecular flexibility index (Phi) is 3.78. The van der Waals surface area contributed by atoms with Crippen molar-refractivity contribution in [3.63, 3.8) is 0 Å². The van der Waals surface area contributed by atoms with E-state index in [2.05, 4.69) is 6.58 Å². The summed E-state index contributed by atoms with van der Waals surface area (Å²) in [6.45, 7) is 6.25. The van der Waals surface area contributed by atoms with Crippen LogP contribution in [0.3, 0.4) is 0 Å². The normalized spacial score (nSPS) is 37.8. The van der Waals surface area contributed by atoms with Crippen LogP contribution < -0.4 is 0 Å². The first-order valence-electron chi connectivity index (χ1n) is 8.11. The molecule has 4 fully saturated rings. The zero-order valence-corrected chi connectivity index (χ0v) is 12.5. The Balaban J connectivity index is 1.50. The number of hydrogen-bond acceptors (Lipinski definition) is 3. The first kappa shape index (κ1) is 14.0. The van der Waals surface area contributed by atoms with Gasteiger partial charge in [-0.1, -0.05) is 13.5 Å². The lowest BCUT2D eigenvalue weighted by Gasteiger charge is -2.56. The van der Waals surface area contributed by atoms with Gasteiger partial charge in [-0.05, 0) is 56.3 Å². The minimum atomic E-state index is -0.146. The molecule has 0 radical (unpaired) electrons. The van der Waals surface area contributed by atoms with Crippen molar-refractivity contribution in [2.45, 2.75) is 63.9 Å². The topological polar surface area (TPSA) is 35.5 Å². The van der Waals surface area contributed by atoms with Crippen molar-refractivity contribution in [3.8, 4) is 0 Å². The van der Waals surface area contributed by atoms with Gasteiger partial charge >= 0.3 is 5.97 Å². The Morgan fingerprint density at radius 2 is 1.70 bits per heavy atom. The van der Waals surface area contributed by atoms with E-state index >= 15 is 0 Å². The van der Waals surface area contributed by atoms with Gasteiger partial charge in [0.05, 0.1) is 12.4 Å². The van der Waals surface area contributed by atoms with E-state index in [1.54, 1.807) is 0 Å². The van der Waals surface area contributed by atoms with Gasteiger partial charge in [-0.25, -0.2) is 0 Å². The van der Waals surface area contributed by atoms with Gasteiger partial charge in [0, 0.05) is 12.8 Å². The first-order valence-corrected chi connectivity index (χ1v) is 8.11. The van der Waals surface area contributed by atoms with Gasteiger partial charge < -0.3 is 9.47 Å². The second kappa shape index (κ2) is 5.42. The fraction of sp³-hybridized carbons (Fsp3) is 0.824. The monoisotopic (exact) mass is 278 g/mol. The summed E-state index contributed by atoms with van der Waals surface area (Å²) in [6.07, 6.45) is 8.97. The third-order valence-electron chi connectivity index (χ3n) is 5.28. The molecule has 0 heterocycles. The Bertz CT molecular complexity index is 364. The van der Waals surface area contributed by atoms with Crippen molar-refractivity contribution in [3.05, 3.63) is 12.3 Å². The molecule has 4 rings (SSSR count). The molecule has 0 saturated heterocycles. The highest BCUT2D eigenvalue weighted by Crippen LogP contribution is 2.57. The van der Waals surface area contributed by atoms with E-state index < -0.39 is 0 Å². The summed E-state index contributed by atoms with van der Waals surface area (Å²) in [5, 5.41) is 0. The molecule has 112 valence electrons. The summed E-state index contributed by atoms with van der Waals surface area (Å²) in [7, 11) is 0. The Morgan fingerprint density at radius 1 is 1.15 bits per heavy atom. The molecule has 20 heavy (non-hydrogen) atoms. The van der Waals surface area contributed by atoms with Crippen molar-refractivity contribution >= 4 is 5.97 Å². The maximum absolute atomic E-state index is 11.1. The molecule has 0 aromatic carbocycles. The highest BCUT2D eigenvalue weighted by atomic mass is 16.5. The second-order valence-corrected chi connectivity index (χ2v) is 7.07. The van der Waals surface area contributed by atoms with E-state index in [0.29, 0.717) is 19.4 Å². The molecule has 3 heteroatoms. The maximum Gasteiger partial charge on any atom is 0.305 e. The van der Waals surface area contributed by atoms with E-state index in [1.807, 2.05) is 6.92 Å². The molecule has 0 aromatic heterocycles. The average Bonchev–Trinajstić information content (AvgIpc) is 2.36. The average molecular weight is 278 g/mol. The molecule has 3 nitrogen and oxygen atoms in total. The fourth-order valence-electron chi connectivity index (χ4n) is 4.89. The molecule has 0 spiro atoms. The van der Waals surface area contributed by atoms with Crippen molar-refractivity contribution in [2.75, 3.05) is 6.61 Å². The lowest BCUT2D eigenvalue weighted by Crippen LogP contribution is -2.51. The summed E-state index contributed by atoms with van der Waals surface area (Å²) in [5.41, 5.74) is 0.0700. The summed E-state index contributed by atoms with van der Waals surface area (Å²) < 4.78 is 11.4. The quantitative estimate of drug-likeness (QED) is 0.547. The van der Waals surface area contributed by atoms with E-state index in [1.165, 1.54) is 38.5 Å². The van der Waals surface area contributed by atoms with Crippen molar-refractivity contribution < 1.29 is 14.3 Å². The van der Waals surface area contributed by atoms with E-state index in [9.17, 15) is 4.79 Å². The van der Waals surface area contributed by atoms with E-state index in [4.69, 9.17) is 9.47 Å². The minimum Gasteiger partial charge on any atom is -0.492 e. The molecule has 0 unspecified atom stereocenters. The molecule has 0 N–H and O–H groups in total.